The summed E-state index contributed by atoms with van der Waals surface area (Å²) in [4.78, 5) is 19.1. The number of hydrogen-bond donors (Lipinski definition) is 1. The van der Waals surface area contributed by atoms with Gasteiger partial charge in [-0.2, -0.15) is 0 Å². The molecule has 5 nitrogen and oxygen atoms in total. The molecule has 2 rings (SSSR count). The summed E-state index contributed by atoms with van der Waals surface area (Å²) in [6.07, 6.45) is 2.77. The molecule has 0 aliphatic carbocycles. The Morgan fingerprint density at radius 2 is 2.44 bits per heavy atom. The highest BCUT2D eigenvalue weighted by molar-refractivity contribution is 7.99. The number of rotatable bonds is 6. The van der Waals surface area contributed by atoms with Crippen LogP contribution in [-0.2, 0) is 17.8 Å². The van der Waals surface area contributed by atoms with Crippen LogP contribution in [0.3, 0.4) is 0 Å². The molecule has 0 radical (unpaired) electrons. The molecule has 7 heteroatoms. The Labute approximate surface area is 113 Å². The van der Waals surface area contributed by atoms with Gasteiger partial charge in [0.05, 0.1) is 22.7 Å². The number of aromatic nitrogens is 3. The third kappa shape index (κ3) is 3.58. The van der Waals surface area contributed by atoms with Crippen LogP contribution >= 0.6 is 23.1 Å². The van der Waals surface area contributed by atoms with Gasteiger partial charge in [0.2, 0.25) is 0 Å². The molecule has 2 heterocycles. The number of carboxylic acid groups (broad SMARTS) is 1. The monoisotopic (exact) mass is 283 g/mol. The van der Waals surface area contributed by atoms with Crippen LogP contribution in [0, 0.1) is 6.92 Å². The molecular weight excluding hydrogens is 270 g/mol. The largest absolute Gasteiger partial charge is 0.481 e. The van der Waals surface area contributed by atoms with Crippen LogP contribution in [-0.4, -0.2) is 31.4 Å². The fourth-order valence-electron chi connectivity index (χ4n) is 1.52. The molecule has 18 heavy (non-hydrogen) atoms. The third-order valence-electron chi connectivity index (χ3n) is 2.28. The zero-order chi connectivity index (χ0) is 13.0. The van der Waals surface area contributed by atoms with E-state index in [1.54, 1.807) is 11.3 Å². The molecule has 0 atom stereocenters. The third-order valence-corrected chi connectivity index (χ3v) is 3.89. The van der Waals surface area contributed by atoms with E-state index >= 15 is 0 Å². The summed E-state index contributed by atoms with van der Waals surface area (Å²) < 4.78 is 1.99. The van der Waals surface area contributed by atoms with Crippen molar-refractivity contribution in [1.29, 1.82) is 0 Å². The van der Waals surface area contributed by atoms with Crippen LogP contribution < -0.4 is 0 Å². The second-order valence-corrected chi connectivity index (χ2v) is 5.43. The standard InChI is InChI=1S/C11H13N3O2S2/c1-8-4-14(3-2-9-5-17-7-12-9)11(13-8)18-6-10(15)16/h4-5,7H,2-3,6H2,1H3,(H,15,16). The first-order valence-electron chi connectivity index (χ1n) is 5.40. The maximum Gasteiger partial charge on any atom is 0.313 e. The molecule has 2 aromatic rings. The quantitative estimate of drug-likeness (QED) is 0.822. The number of carbonyl (C=O) groups is 1. The number of nitrogens with zero attached hydrogens (tertiary/aromatic N) is 3. The molecule has 0 unspecified atom stereocenters. The van der Waals surface area contributed by atoms with Crippen LogP contribution in [0.1, 0.15) is 11.4 Å². The zero-order valence-corrected chi connectivity index (χ0v) is 11.5. The van der Waals surface area contributed by atoms with Crippen molar-refractivity contribution in [3.8, 4) is 0 Å². The highest BCUT2D eigenvalue weighted by Gasteiger charge is 2.09. The highest BCUT2D eigenvalue weighted by Crippen LogP contribution is 2.18. The summed E-state index contributed by atoms with van der Waals surface area (Å²) in [6.45, 7) is 2.68. The van der Waals surface area contributed by atoms with Crippen molar-refractivity contribution in [3.05, 3.63) is 28.5 Å². The number of hydrogen-bond acceptors (Lipinski definition) is 5. The summed E-state index contributed by atoms with van der Waals surface area (Å²) in [5, 5.41) is 11.5. The number of aliphatic carboxylic acids is 1. The summed E-state index contributed by atoms with van der Waals surface area (Å²) >= 11 is 2.83. The van der Waals surface area contributed by atoms with Gasteiger partial charge >= 0.3 is 5.97 Å². The predicted octanol–water partition coefficient (Wildman–Crippen LogP) is 2.07. The number of thiazole rings is 1. The molecule has 2 aromatic heterocycles. The topological polar surface area (TPSA) is 68.0 Å². The minimum Gasteiger partial charge on any atom is -0.481 e. The molecule has 0 aromatic carbocycles. The van der Waals surface area contributed by atoms with Gasteiger partial charge < -0.3 is 9.67 Å². The maximum atomic E-state index is 10.6. The average Bonchev–Trinajstić information content (AvgIpc) is 2.92. The minimum atomic E-state index is -0.827. The first-order valence-corrected chi connectivity index (χ1v) is 7.33. The molecule has 0 saturated carbocycles. The number of aryl methyl sites for hydroxylation is 3. The van der Waals surface area contributed by atoms with E-state index in [9.17, 15) is 4.79 Å². The lowest BCUT2D eigenvalue weighted by atomic mass is 10.3. The maximum absolute atomic E-state index is 10.6. The van der Waals surface area contributed by atoms with E-state index in [0.29, 0.717) is 0 Å². The van der Waals surface area contributed by atoms with Crippen molar-refractivity contribution >= 4 is 29.1 Å². The Morgan fingerprint density at radius 3 is 3.11 bits per heavy atom. The Morgan fingerprint density at radius 1 is 1.61 bits per heavy atom. The smallest absolute Gasteiger partial charge is 0.313 e. The van der Waals surface area contributed by atoms with Gasteiger partial charge in [0.25, 0.3) is 0 Å². The van der Waals surface area contributed by atoms with Crippen LogP contribution in [0.4, 0.5) is 0 Å². The van der Waals surface area contributed by atoms with E-state index in [-0.39, 0.29) is 5.75 Å². The second kappa shape index (κ2) is 6.01. The van der Waals surface area contributed by atoms with Gasteiger partial charge in [0.1, 0.15) is 0 Å². The second-order valence-electron chi connectivity index (χ2n) is 3.77. The summed E-state index contributed by atoms with van der Waals surface area (Å²) in [5.41, 5.74) is 3.77. The lowest BCUT2D eigenvalue weighted by molar-refractivity contribution is -0.133. The Balaban J connectivity index is 2.00. The van der Waals surface area contributed by atoms with E-state index < -0.39 is 5.97 Å². The number of carboxylic acids is 1. The zero-order valence-electron chi connectivity index (χ0n) is 9.87. The summed E-state index contributed by atoms with van der Waals surface area (Å²) in [5.74, 6) is -0.792. The van der Waals surface area contributed by atoms with Crippen molar-refractivity contribution in [2.75, 3.05) is 5.75 Å². The lowest BCUT2D eigenvalue weighted by Crippen LogP contribution is -2.04. The van der Waals surface area contributed by atoms with Gasteiger partial charge in [-0.1, -0.05) is 11.8 Å². The van der Waals surface area contributed by atoms with Crippen LogP contribution in [0.25, 0.3) is 0 Å². The van der Waals surface area contributed by atoms with Gasteiger partial charge in [-0.3, -0.25) is 4.79 Å². The SMILES string of the molecule is Cc1cn(CCc2cscn2)c(SCC(=O)O)n1. The first-order chi connectivity index (χ1) is 8.65. The molecule has 0 spiro atoms. The van der Waals surface area contributed by atoms with Crippen molar-refractivity contribution in [3.63, 3.8) is 0 Å². The molecule has 0 bridgehead atoms. The number of thioether (sulfide) groups is 1. The van der Waals surface area contributed by atoms with Gasteiger partial charge in [-0.05, 0) is 6.92 Å². The molecule has 0 amide bonds. The van der Waals surface area contributed by atoms with E-state index in [1.165, 1.54) is 11.8 Å². The molecule has 96 valence electrons. The van der Waals surface area contributed by atoms with Gasteiger partial charge in [-0.25, -0.2) is 9.97 Å². The van der Waals surface area contributed by atoms with Gasteiger partial charge in [-0.15, -0.1) is 11.3 Å². The fraction of sp³-hybridized carbons (Fsp3) is 0.364. The first kappa shape index (κ1) is 13.1. The lowest BCUT2D eigenvalue weighted by Gasteiger charge is -2.04. The predicted molar refractivity (Wildman–Crippen MR) is 71.1 cm³/mol. The van der Waals surface area contributed by atoms with Gasteiger partial charge in [0, 0.05) is 24.5 Å². The van der Waals surface area contributed by atoms with E-state index in [2.05, 4.69) is 9.97 Å². The Hall–Kier alpha value is -1.34. The van der Waals surface area contributed by atoms with Crippen molar-refractivity contribution in [2.45, 2.75) is 25.0 Å². The number of imidazole rings is 1. The Bertz CT molecular complexity index is 522. The van der Waals surface area contributed by atoms with Crippen LogP contribution in [0.2, 0.25) is 0 Å². The molecule has 0 saturated heterocycles. The van der Waals surface area contributed by atoms with E-state index in [4.69, 9.17) is 5.11 Å². The fourth-order valence-corrected chi connectivity index (χ4v) is 2.89. The van der Waals surface area contributed by atoms with Crippen molar-refractivity contribution < 1.29 is 9.90 Å². The minimum absolute atomic E-state index is 0.0349. The average molecular weight is 283 g/mol. The summed E-state index contributed by atoms with van der Waals surface area (Å²) in [6, 6.07) is 0. The van der Waals surface area contributed by atoms with Crippen molar-refractivity contribution in [1.82, 2.24) is 14.5 Å². The van der Waals surface area contributed by atoms with E-state index in [0.717, 1.165) is 29.5 Å². The normalized spacial score (nSPS) is 10.7. The Kier molecular flexibility index (Phi) is 4.38. The molecule has 1 N–H and O–H groups in total. The van der Waals surface area contributed by atoms with Crippen LogP contribution in [0.5, 0.6) is 0 Å². The molecule has 0 aliphatic heterocycles. The van der Waals surface area contributed by atoms with E-state index in [1.807, 2.05) is 28.6 Å². The van der Waals surface area contributed by atoms with Crippen LogP contribution in [0.15, 0.2) is 22.2 Å². The van der Waals surface area contributed by atoms with Gasteiger partial charge in [0.15, 0.2) is 5.16 Å². The summed E-state index contributed by atoms with van der Waals surface area (Å²) in [7, 11) is 0. The highest BCUT2D eigenvalue weighted by atomic mass is 32.2. The van der Waals surface area contributed by atoms with Crippen molar-refractivity contribution in [2.24, 2.45) is 0 Å². The molecule has 0 aliphatic rings. The molecule has 0 fully saturated rings. The molecular formula is C11H13N3O2S2.